The van der Waals surface area contributed by atoms with Crippen LogP contribution in [0.3, 0.4) is 0 Å². The van der Waals surface area contributed by atoms with E-state index in [4.69, 9.17) is 9.15 Å². The van der Waals surface area contributed by atoms with E-state index >= 15 is 0 Å². The number of rotatable bonds is 4. The van der Waals surface area contributed by atoms with Gasteiger partial charge in [0.05, 0.1) is 24.2 Å². The number of hydrogen-bond donors (Lipinski definition) is 3. The molecule has 6 aromatic rings. The van der Waals surface area contributed by atoms with Crippen LogP contribution in [0.15, 0.2) is 65.3 Å². The maximum Gasteiger partial charge on any atom is 0.232 e. The monoisotopic (exact) mass is 396 g/mol. The molecule has 8 heteroatoms. The first-order chi connectivity index (χ1) is 14.8. The van der Waals surface area contributed by atoms with E-state index in [-0.39, 0.29) is 0 Å². The van der Waals surface area contributed by atoms with Gasteiger partial charge in [-0.1, -0.05) is 18.2 Å². The molecule has 8 nitrogen and oxygen atoms in total. The number of nitrogens with zero attached hydrogens (tertiary/aromatic N) is 3. The first-order valence-corrected chi connectivity index (χ1v) is 9.41. The highest BCUT2D eigenvalue weighted by Crippen LogP contribution is 2.37. The van der Waals surface area contributed by atoms with Gasteiger partial charge in [-0.2, -0.15) is 15.1 Å². The Kier molecular flexibility index (Phi) is 3.51. The van der Waals surface area contributed by atoms with Gasteiger partial charge in [0.15, 0.2) is 0 Å². The predicted molar refractivity (Wildman–Crippen MR) is 115 cm³/mol. The number of furan rings is 1. The van der Waals surface area contributed by atoms with Crippen LogP contribution in [0.1, 0.15) is 0 Å². The van der Waals surface area contributed by atoms with Crippen LogP contribution in [0.5, 0.6) is 5.88 Å². The van der Waals surface area contributed by atoms with Crippen LogP contribution in [0.4, 0.5) is 11.6 Å². The van der Waals surface area contributed by atoms with Crippen molar-refractivity contribution < 1.29 is 9.15 Å². The lowest BCUT2D eigenvalue weighted by atomic mass is 10.1. The van der Waals surface area contributed by atoms with Crippen molar-refractivity contribution in [3.05, 3.63) is 60.9 Å². The lowest BCUT2D eigenvalue weighted by Gasteiger charge is -2.08. The summed E-state index contributed by atoms with van der Waals surface area (Å²) in [5, 5.41) is 13.0. The Morgan fingerprint density at radius 1 is 1.03 bits per heavy atom. The summed E-state index contributed by atoms with van der Waals surface area (Å²) in [7, 11) is 1.60. The van der Waals surface area contributed by atoms with Crippen molar-refractivity contribution >= 4 is 44.5 Å². The number of benzene rings is 2. The van der Waals surface area contributed by atoms with Crippen molar-refractivity contribution in [3.63, 3.8) is 0 Å². The smallest absolute Gasteiger partial charge is 0.232 e. The molecule has 146 valence electrons. The molecule has 4 aromatic heterocycles. The molecule has 0 saturated carbocycles. The second-order valence-electron chi connectivity index (χ2n) is 6.93. The summed E-state index contributed by atoms with van der Waals surface area (Å²) in [4.78, 5) is 12.4. The number of anilines is 2. The van der Waals surface area contributed by atoms with Gasteiger partial charge in [-0.25, -0.2) is 0 Å². The van der Waals surface area contributed by atoms with Crippen LogP contribution < -0.4 is 10.1 Å². The van der Waals surface area contributed by atoms with Crippen LogP contribution in [0.25, 0.3) is 44.2 Å². The van der Waals surface area contributed by atoms with Crippen LogP contribution in [0, 0.1) is 0 Å². The number of H-pyrrole nitrogens is 2. The zero-order valence-electron chi connectivity index (χ0n) is 15.9. The zero-order chi connectivity index (χ0) is 20.1. The molecule has 0 radical (unpaired) electrons. The molecule has 0 fully saturated rings. The zero-order valence-corrected chi connectivity index (χ0v) is 15.9. The Balaban J connectivity index is 1.44. The minimum Gasteiger partial charge on any atom is -0.480 e. The van der Waals surface area contributed by atoms with Gasteiger partial charge in [-0.3, -0.25) is 5.10 Å². The van der Waals surface area contributed by atoms with E-state index in [0.717, 1.165) is 44.3 Å². The maximum absolute atomic E-state index is 6.02. The third-order valence-electron chi connectivity index (χ3n) is 5.08. The van der Waals surface area contributed by atoms with Gasteiger partial charge in [0.2, 0.25) is 11.8 Å². The molecule has 0 aliphatic heterocycles. The Morgan fingerprint density at radius 2 is 1.97 bits per heavy atom. The summed E-state index contributed by atoms with van der Waals surface area (Å²) in [6.45, 7) is 0. The molecule has 0 saturated heterocycles. The van der Waals surface area contributed by atoms with Gasteiger partial charge in [0.25, 0.3) is 0 Å². The number of ether oxygens (including phenoxy) is 1. The van der Waals surface area contributed by atoms with Gasteiger partial charge in [0, 0.05) is 28.2 Å². The quantitative estimate of drug-likeness (QED) is 0.387. The van der Waals surface area contributed by atoms with E-state index in [9.17, 15) is 0 Å². The Hall–Kier alpha value is -4.33. The number of aromatic nitrogens is 5. The average molecular weight is 396 g/mol. The summed E-state index contributed by atoms with van der Waals surface area (Å²) in [5.41, 5.74) is 4.16. The molecular formula is C22H16N6O2. The first kappa shape index (κ1) is 16.6. The topological polar surface area (TPSA) is 105 Å². The third kappa shape index (κ3) is 2.58. The van der Waals surface area contributed by atoms with Crippen molar-refractivity contribution in [2.24, 2.45) is 0 Å². The van der Waals surface area contributed by atoms with Crippen molar-refractivity contribution in [3.8, 4) is 17.2 Å². The van der Waals surface area contributed by atoms with E-state index in [2.05, 4.69) is 30.5 Å². The van der Waals surface area contributed by atoms with Crippen molar-refractivity contribution in [2.45, 2.75) is 0 Å². The standard InChI is InChI=1S/C22H16N6O2/c1-29-21-19-15(18-9-12-4-2-3-5-17(12)30-18)11-23-20(19)26-22(27-21)25-14-6-7-16-13(8-14)10-24-28-16/h2-11H,1H3,(H,24,28)(H2,23,25,26,27). The summed E-state index contributed by atoms with van der Waals surface area (Å²) < 4.78 is 11.6. The van der Waals surface area contributed by atoms with E-state index < -0.39 is 0 Å². The number of para-hydroxylation sites is 1. The fourth-order valence-electron chi connectivity index (χ4n) is 3.66. The van der Waals surface area contributed by atoms with Crippen LogP contribution in [-0.4, -0.2) is 32.3 Å². The largest absolute Gasteiger partial charge is 0.480 e. The van der Waals surface area contributed by atoms with Gasteiger partial charge < -0.3 is 19.5 Å². The maximum atomic E-state index is 6.02. The lowest BCUT2D eigenvalue weighted by Crippen LogP contribution is -2.00. The summed E-state index contributed by atoms with van der Waals surface area (Å²) in [6, 6.07) is 15.8. The highest BCUT2D eigenvalue weighted by Gasteiger charge is 2.18. The molecule has 0 atom stereocenters. The number of nitrogens with one attached hydrogen (secondary N) is 3. The van der Waals surface area contributed by atoms with Gasteiger partial charge >= 0.3 is 0 Å². The minimum absolute atomic E-state index is 0.431. The van der Waals surface area contributed by atoms with Crippen molar-refractivity contribution in [1.29, 1.82) is 0 Å². The number of fused-ring (bicyclic) bond motifs is 3. The SMILES string of the molecule is COc1nc(Nc2ccc3[nH]ncc3c2)nc2[nH]cc(-c3cc4ccccc4o3)c12. The normalized spacial score (nSPS) is 11.5. The van der Waals surface area contributed by atoms with E-state index in [1.165, 1.54) is 0 Å². The molecule has 3 N–H and O–H groups in total. The molecule has 2 aromatic carbocycles. The third-order valence-corrected chi connectivity index (χ3v) is 5.08. The molecule has 6 rings (SSSR count). The van der Waals surface area contributed by atoms with E-state index in [0.29, 0.717) is 17.5 Å². The van der Waals surface area contributed by atoms with E-state index in [1.54, 1.807) is 13.3 Å². The molecule has 0 aliphatic carbocycles. The second kappa shape index (κ2) is 6.35. The molecule has 0 bridgehead atoms. The van der Waals surface area contributed by atoms with Gasteiger partial charge in [0.1, 0.15) is 17.0 Å². The summed E-state index contributed by atoms with van der Waals surface area (Å²) in [6.07, 6.45) is 3.64. The molecule has 0 aliphatic rings. The molecule has 4 heterocycles. The number of methoxy groups -OCH3 is 1. The average Bonchev–Trinajstić information content (AvgIpc) is 3.49. The van der Waals surface area contributed by atoms with Crippen molar-refractivity contribution in [1.82, 2.24) is 25.1 Å². The lowest BCUT2D eigenvalue weighted by molar-refractivity contribution is 0.403. The van der Waals surface area contributed by atoms with Gasteiger partial charge in [-0.05, 0) is 30.3 Å². The first-order valence-electron chi connectivity index (χ1n) is 9.41. The molecule has 30 heavy (non-hydrogen) atoms. The molecular weight excluding hydrogens is 380 g/mol. The fraction of sp³-hybridized carbons (Fsp3) is 0.0455. The van der Waals surface area contributed by atoms with Gasteiger partial charge in [-0.15, -0.1) is 0 Å². The van der Waals surface area contributed by atoms with Crippen LogP contribution in [0.2, 0.25) is 0 Å². The van der Waals surface area contributed by atoms with Crippen LogP contribution in [-0.2, 0) is 0 Å². The molecule has 0 amide bonds. The van der Waals surface area contributed by atoms with E-state index in [1.807, 2.05) is 54.7 Å². The van der Waals surface area contributed by atoms with Crippen molar-refractivity contribution in [2.75, 3.05) is 12.4 Å². The summed E-state index contributed by atoms with van der Waals surface area (Å²) >= 11 is 0. The number of aromatic amines is 2. The second-order valence-corrected chi connectivity index (χ2v) is 6.93. The Morgan fingerprint density at radius 3 is 2.87 bits per heavy atom. The van der Waals surface area contributed by atoms with Crippen LogP contribution >= 0.6 is 0 Å². The molecule has 0 unspecified atom stereocenters. The Bertz CT molecular complexity index is 1490. The highest BCUT2D eigenvalue weighted by molar-refractivity contribution is 5.98. The number of hydrogen-bond acceptors (Lipinski definition) is 6. The summed E-state index contributed by atoms with van der Waals surface area (Å²) in [5.74, 6) is 1.62. The predicted octanol–water partition coefficient (Wildman–Crippen LogP) is 5.00. The highest BCUT2D eigenvalue weighted by atomic mass is 16.5. The Labute approximate surface area is 169 Å². The minimum atomic E-state index is 0.431. The molecule has 0 spiro atoms. The fourth-order valence-corrected chi connectivity index (χ4v) is 3.66.